The summed E-state index contributed by atoms with van der Waals surface area (Å²) < 4.78 is 40.0. The minimum atomic E-state index is -4.54. The SMILES string of the molecule is FC(F)(F)c1nc(C2CNC2)no1. The van der Waals surface area contributed by atoms with Gasteiger partial charge in [0.15, 0.2) is 5.82 Å². The third-order valence-electron chi connectivity index (χ3n) is 1.83. The van der Waals surface area contributed by atoms with Crippen molar-refractivity contribution in [2.45, 2.75) is 12.1 Å². The molecule has 2 rings (SSSR count). The van der Waals surface area contributed by atoms with Crippen LogP contribution in [0, 0.1) is 0 Å². The zero-order valence-electron chi connectivity index (χ0n) is 6.43. The van der Waals surface area contributed by atoms with Gasteiger partial charge >= 0.3 is 12.1 Å². The Kier molecular flexibility index (Phi) is 1.76. The first kappa shape index (κ1) is 8.49. The summed E-state index contributed by atoms with van der Waals surface area (Å²) in [6.07, 6.45) is -4.54. The molecular weight excluding hydrogens is 187 g/mol. The molecule has 1 N–H and O–H groups in total. The summed E-state index contributed by atoms with van der Waals surface area (Å²) in [5.41, 5.74) is 0. The molecule has 1 aromatic rings. The molecule has 1 fully saturated rings. The van der Waals surface area contributed by atoms with E-state index < -0.39 is 12.1 Å². The minimum Gasteiger partial charge on any atom is -0.329 e. The maximum Gasteiger partial charge on any atom is 0.471 e. The Labute approximate surface area is 71.1 Å². The number of nitrogens with one attached hydrogen (secondary N) is 1. The largest absolute Gasteiger partial charge is 0.471 e. The number of halogens is 3. The van der Waals surface area contributed by atoms with E-state index in [1.807, 2.05) is 0 Å². The average molecular weight is 193 g/mol. The molecule has 0 aliphatic carbocycles. The molecule has 2 heterocycles. The second kappa shape index (κ2) is 2.69. The molecule has 0 bridgehead atoms. The normalized spacial score (nSPS) is 18.7. The van der Waals surface area contributed by atoms with Crippen LogP contribution in [-0.2, 0) is 6.18 Å². The predicted molar refractivity (Wildman–Crippen MR) is 34.9 cm³/mol. The number of hydrogen-bond acceptors (Lipinski definition) is 4. The van der Waals surface area contributed by atoms with Crippen LogP contribution in [0.15, 0.2) is 4.52 Å². The van der Waals surface area contributed by atoms with Crippen molar-refractivity contribution >= 4 is 0 Å². The lowest BCUT2D eigenvalue weighted by Gasteiger charge is -2.23. The van der Waals surface area contributed by atoms with E-state index >= 15 is 0 Å². The second-order valence-electron chi connectivity index (χ2n) is 2.81. The van der Waals surface area contributed by atoms with Crippen molar-refractivity contribution in [2.24, 2.45) is 0 Å². The van der Waals surface area contributed by atoms with Crippen LogP contribution in [0.2, 0.25) is 0 Å². The molecule has 0 radical (unpaired) electrons. The van der Waals surface area contributed by atoms with Crippen molar-refractivity contribution in [3.05, 3.63) is 11.7 Å². The van der Waals surface area contributed by atoms with Gasteiger partial charge in [-0.3, -0.25) is 0 Å². The highest BCUT2D eigenvalue weighted by Gasteiger charge is 2.39. The molecule has 1 saturated heterocycles. The molecule has 7 heteroatoms. The molecule has 1 aliphatic heterocycles. The number of alkyl halides is 3. The summed E-state index contributed by atoms with van der Waals surface area (Å²) >= 11 is 0. The maximum atomic E-state index is 12.0. The van der Waals surface area contributed by atoms with Gasteiger partial charge in [-0.05, 0) is 0 Å². The van der Waals surface area contributed by atoms with Gasteiger partial charge in [-0.15, -0.1) is 0 Å². The zero-order valence-corrected chi connectivity index (χ0v) is 6.43. The van der Waals surface area contributed by atoms with Gasteiger partial charge in [0.2, 0.25) is 0 Å². The third-order valence-corrected chi connectivity index (χ3v) is 1.83. The van der Waals surface area contributed by atoms with E-state index in [4.69, 9.17) is 0 Å². The van der Waals surface area contributed by atoms with Crippen molar-refractivity contribution in [3.8, 4) is 0 Å². The summed E-state index contributed by atoms with van der Waals surface area (Å²) in [5, 5.41) is 6.16. The number of nitrogens with zero attached hydrogens (tertiary/aromatic N) is 2. The van der Waals surface area contributed by atoms with Crippen molar-refractivity contribution < 1.29 is 17.7 Å². The van der Waals surface area contributed by atoms with Crippen molar-refractivity contribution in [2.75, 3.05) is 13.1 Å². The fourth-order valence-electron chi connectivity index (χ4n) is 0.987. The molecule has 0 spiro atoms. The highest BCUT2D eigenvalue weighted by atomic mass is 19.4. The third kappa shape index (κ3) is 1.51. The fourth-order valence-corrected chi connectivity index (χ4v) is 0.987. The van der Waals surface area contributed by atoms with E-state index in [-0.39, 0.29) is 11.7 Å². The second-order valence-corrected chi connectivity index (χ2v) is 2.81. The zero-order chi connectivity index (χ0) is 9.47. The standard InChI is InChI=1S/C6H6F3N3O/c7-6(8,9)5-11-4(12-13-5)3-1-10-2-3/h3,10H,1-2H2. The van der Waals surface area contributed by atoms with Crippen LogP contribution in [0.1, 0.15) is 17.6 Å². The highest BCUT2D eigenvalue weighted by molar-refractivity contribution is 5.03. The van der Waals surface area contributed by atoms with E-state index in [9.17, 15) is 13.2 Å². The molecule has 13 heavy (non-hydrogen) atoms. The molecule has 0 aromatic carbocycles. The molecule has 1 aliphatic rings. The molecular formula is C6H6F3N3O. The van der Waals surface area contributed by atoms with Gasteiger partial charge in [0.05, 0.1) is 0 Å². The Bertz CT molecular complexity index is 304. The summed E-state index contributed by atoms with van der Waals surface area (Å²) in [6.45, 7) is 1.22. The Balaban J connectivity index is 2.17. The van der Waals surface area contributed by atoms with E-state index in [0.717, 1.165) is 0 Å². The fraction of sp³-hybridized carbons (Fsp3) is 0.667. The molecule has 4 nitrogen and oxygen atoms in total. The Morgan fingerprint density at radius 2 is 2.08 bits per heavy atom. The molecule has 0 unspecified atom stereocenters. The molecule has 1 aromatic heterocycles. The first-order valence-electron chi connectivity index (χ1n) is 3.69. The smallest absolute Gasteiger partial charge is 0.329 e. The van der Waals surface area contributed by atoms with E-state index in [1.165, 1.54) is 0 Å². The first-order chi connectivity index (χ1) is 6.07. The summed E-state index contributed by atoms with van der Waals surface area (Å²) in [7, 11) is 0. The maximum absolute atomic E-state index is 12.0. The van der Waals surface area contributed by atoms with Crippen LogP contribution in [0.25, 0.3) is 0 Å². The van der Waals surface area contributed by atoms with Crippen LogP contribution in [0.4, 0.5) is 13.2 Å². The van der Waals surface area contributed by atoms with Crippen molar-refractivity contribution in [1.29, 1.82) is 0 Å². The van der Waals surface area contributed by atoms with Crippen LogP contribution < -0.4 is 5.32 Å². The molecule has 0 amide bonds. The summed E-state index contributed by atoms with van der Waals surface area (Å²) in [6, 6.07) is 0. The monoisotopic (exact) mass is 193 g/mol. The quantitative estimate of drug-likeness (QED) is 0.715. The van der Waals surface area contributed by atoms with Crippen molar-refractivity contribution in [3.63, 3.8) is 0 Å². The van der Waals surface area contributed by atoms with Gasteiger partial charge in [0.25, 0.3) is 0 Å². The van der Waals surface area contributed by atoms with Crippen molar-refractivity contribution in [1.82, 2.24) is 15.5 Å². The average Bonchev–Trinajstić information content (AvgIpc) is 2.29. The summed E-state index contributed by atoms with van der Waals surface area (Å²) in [4.78, 5) is 3.26. The van der Waals surface area contributed by atoms with Crippen LogP contribution in [-0.4, -0.2) is 23.2 Å². The number of aromatic nitrogens is 2. The minimum absolute atomic E-state index is 0.0418. The van der Waals surface area contributed by atoms with Crippen LogP contribution >= 0.6 is 0 Å². The van der Waals surface area contributed by atoms with Gasteiger partial charge in [-0.2, -0.15) is 18.2 Å². The first-order valence-corrected chi connectivity index (χ1v) is 3.69. The predicted octanol–water partition coefficient (Wildman–Crippen LogP) is 0.775. The Hall–Kier alpha value is -1.11. The van der Waals surface area contributed by atoms with Crippen LogP contribution in [0.5, 0.6) is 0 Å². The van der Waals surface area contributed by atoms with Gasteiger partial charge in [0, 0.05) is 19.0 Å². The molecule has 0 atom stereocenters. The van der Waals surface area contributed by atoms with Gasteiger partial charge < -0.3 is 9.84 Å². The lowest BCUT2D eigenvalue weighted by atomic mass is 10.0. The molecule has 72 valence electrons. The van der Waals surface area contributed by atoms with Gasteiger partial charge in [0.1, 0.15) is 0 Å². The van der Waals surface area contributed by atoms with E-state index in [1.54, 1.807) is 0 Å². The topological polar surface area (TPSA) is 51.0 Å². The van der Waals surface area contributed by atoms with E-state index in [0.29, 0.717) is 13.1 Å². The Morgan fingerprint density at radius 1 is 1.38 bits per heavy atom. The molecule has 0 saturated carbocycles. The lowest BCUT2D eigenvalue weighted by molar-refractivity contribution is -0.159. The number of hydrogen-bond donors (Lipinski definition) is 1. The lowest BCUT2D eigenvalue weighted by Crippen LogP contribution is -2.40. The number of rotatable bonds is 1. The highest BCUT2D eigenvalue weighted by Crippen LogP contribution is 2.28. The Morgan fingerprint density at radius 3 is 2.46 bits per heavy atom. The van der Waals surface area contributed by atoms with E-state index in [2.05, 4.69) is 20.0 Å². The summed E-state index contributed by atoms with van der Waals surface area (Å²) in [5.74, 6) is -1.18. The van der Waals surface area contributed by atoms with Gasteiger partial charge in [-0.25, -0.2) is 0 Å². The van der Waals surface area contributed by atoms with Gasteiger partial charge in [-0.1, -0.05) is 5.16 Å². The van der Waals surface area contributed by atoms with Crippen LogP contribution in [0.3, 0.4) is 0 Å².